The molecule has 1 aromatic carbocycles. The van der Waals surface area contributed by atoms with E-state index in [9.17, 15) is 13.2 Å². The van der Waals surface area contributed by atoms with Gasteiger partial charge in [-0.25, -0.2) is 0 Å². The number of halogens is 3. The average molecular weight is 356 g/mol. The van der Waals surface area contributed by atoms with E-state index in [-0.39, 0.29) is 5.75 Å². The molecule has 0 saturated heterocycles. The average Bonchev–Trinajstić information content (AvgIpc) is 3.17. The maximum Gasteiger partial charge on any atom is 0.573 e. The van der Waals surface area contributed by atoms with Crippen LogP contribution in [-0.2, 0) is 6.54 Å². The Balaban J connectivity index is 1.71. The standard InChI is InChI=1S/C14H11F3N4O2S/c1-21(13-19-18-12(24-13)11-5-6-22-20-11)8-9-3-2-4-10(7-9)23-14(15,16)17/h2-7H,8H2,1H3. The van der Waals surface area contributed by atoms with E-state index in [0.29, 0.717) is 27.9 Å². The molecule has 10 heteroatoms. The number of aromatic nitrogens is 3. The fourth-order valence-corrected chi connectivity index (χ4v) is 2.75. The third-order valence-electron chi connectivity index (χ3n) is 2.95. The summed E-state index contributed by atoms with van der Waals surface area (Å²) in [6.07, 6.45) is -3.28. The molecule has 126 valence electrons. The van der Waals surface area contributed by atoms with Crippen molar-refractivity contribution in [3.8, 4) is 16.5 Å². The summed E-state index contributed by atoms with van der Waals surface area (Å²) in [5.74, 6) is -0.256. The summed E-state index contributed by atoms with van der Waals surface area (Å²) in [6, 6.07) is 7.47. The van der Waals surface area contributed by atoms with E-state index in [1.165, 1.54) is 35.8 Å². The van der Waals surface area contributed by atoms with Crippen molar-refractivity contribution in [2.45, 2.75) is 12.9 Å². The molecule has 3 rings (SSSR count). The lowest BCUT2D eigenvalue weighted by molar-refractivity contribution is -0.274. The lowest BCUT2D eigenvalue weighted by Gasteiger charge is -2.16. The number of nitrogens with zero attached hydrogens (tertiary/aromatic N) is 4. The summed E-state index contributed by atoms with van der Waals surface area (Å²) in [5.41, 5.74) is 1.23. The Bertz CT molecular complexity index is 804. The van der Waals surface area contributed by atoms with Gasteiger partial charge in [0.25, 0.3) is 0 Å². The molecule has 0 aliphatic rings. The van der Waals surface area contributed by atoms with Crippen LogP contribution in [0.4, 0.5) is 18.3 Å². The molecule has 6 nitrogen and oxygen atoms in total. The summed E-state index contributed by atoms with van der Waals surface area (Å²) >= 11 is 1.30. The first-order valence-electron chi connectivity index (χ1n) is 6.71. The number of hydrogen-bond donors (Lipinski definition) is 0. The van der Waals surface area contributed by atoms with Gasteiger partial charge < -0.3 is 14.2 Å². The molecule has 24 heavy (non-hydrogen) atoms. The van der Waals surface area contributed by atoms with E-state index >= 15 is 0 Å². The molecule has 0 bridgehead atoms. The zero-order chi connectivity index (χ0) is 17.2. The maximum absolute atomic E-state index is 12.3. The van der Waals surface area contributed by atoms with Crippen LogP contribution < -0.4 is 9.64 Å². The zero-order valence-corrected chi connectivity index (χ0v) is 13.1. The van der Waals surface area contributed by atoms with Crippen LogP contribution in [0, 0.1) is 0 Å². The molecule has 2 aromatic heterocycles. The van der Waals surface area contributed by atoms with Gasteiger partial charge >= 0.3 is 6.36 Å². The molecule has 2 heterocycles. The molecule has 0 fully saturated rings. The van der Waals surface area contributed by atoms with Crippen molar-refractivity contribution in [1.29, 1.82) is 0 Å². The van der Waals surface area contributed by atoms with Gasteiger partial charge in [-0.15, -0.1) is 23.4 Å². The van der Waals surface area contributed by atoms with Crippen molar-refractivity contribution >= 4 is 16.5 Å². The van der Waals surface area contributed by atoms with Gasteiger partial charge in [-0.3, -0.25) is 0 Å². The van der Waals surface area contributed by atoms with Gasteiger partial charge in [0, 0.05) is 19.7 Å². The number of hydrogen-bond acceptors (Lipinski definition) is 7. The first-order valence-corrected chi connectivity index (χ1v) is 7.52. The van der Waals surface area contributed by atoms with Gasteiger partial charge in [-0.2, -0.15) is 0 Å². The summed E-state index contributed by atoms with van der Waals surface area (Å²) < 4.78 is 45.5. The Kier molecular flexibility index (Phi) is 4.38. The third-order valence-corrected chi connectivity index (χ3v) is 4.01. The highest BCUT2D eigenvalue weighted by Gasteiger charge is 2.31. The van der Waals surface area contributed by atoms with E-state index in [1.54, 1.807) is 24.1 Å². The van der Waals surface area contributed by atoms with E-state index in [0.717, 1.165) is 0 Å². The molecular weight excluding hydrogens is 345 g/mol. The molecule has 0 amide bonds. The van der Waals surface area contributed by atoms with Crippen LogP contribution >= 0.6 is 11.3 Å². The van der Waals surface area contributed by atoms with Crippen LogP contribution in [0.15, 0.2) is 41.1 Å². The Morgan fingerprint density at radius 1 is 1.25 bits per heavy atom. The minimum Gasteiger partial charge on any atom is -0.406 e. The first-order chi connectivity index (χ1) is 11.4. The fraction of sp³-hybridized carbons (Fsp3) is 0.214. The van der Waals surface area contributed by atoms with Crippen molar-refractivity contribution in [3.05, 3.63) is 42.2 Å². The first kappa shape index (κ1) is 16.2. The predicted octanol–water partition coefficient (Wildman–Crippen LogP) is 3.73. The maximum atomic E-state index is 12.3. The summed E-state index contributed by atoms with van der Waals surface area (Å²) in [5, 5.41) is 13.1. The second-order valence-electron chi connectivity index (χ2n) is 4.83. The van der Waals surface area contributed by atoms with Crippen LogP contribution in [0.5, 0.6) is 5.75 Å². The van der Waals surface area contributed by atoms with E-state index in [1.807, 2.05) is 0 Å². The monoisotopic (exact) mass is 356 g/mol. The van der Waals surface area contributed by atoms with Crippen molar-refractivity contribution in [2.75, 3.05) is 11.9 Å². The number of ether oxygens (including phenoxy) is 1. The largest absolute Gasteiger partial charge is 0.573 e. The van der Waals surface area contributed by atoms with Gasteiger partial charge in [0.2, 0.25) is 5.13 Å². The summed E-state index contributed by atoms with van der Waals surface area (Å²) in [7, 11) is 1.77. The molecule has 0 radical (unpaired) electrons. The van der Waals surface area contributed by atoms with Gasteiger partial charge in [-0.05, 0) is 17.7 Å². The normalized spacial score (nSPS) is 11.5. The Morgan fingerprint density at radius 2 is 2.08 bits per heavy atom. The number of benzene rings is 1. The van der Waals surface area contributed by atoms with Crippen molar-refractivity contribution in [3.63, 3.8) is 0 Å². The number of rotatable bonds is 5. The van der Waals surface area contributed by atoms with Gasteiger partial charge in [0.15, 0.2) is 5.01 Å². The molecule has 0 unspecified atom stereocenters. The van der Waals surface area contributed by atoms with E-state index < -0.39 is 6.36 Å². The highest BCUT2D eigenvalue weighted by atomic mass is 32.1. The molecule has 0 aliphatic carbocycles. The highest BCUT2D eigenvalue weighted by molar-refractivity contribution is 7.18. The quantitative estimate of drug-likeness (QED) is 0.694. The highest BCUT2D eigenvalue weighted by Crippen LogP contribution is 2.28. The second-order valence-corrected chi connectivity index (χ2v) is 5.78. The smallest absolute Gasteiger partial charge is 0.406 e. The molecule has 0 aliphatic heterocycles. The van der Waals surface area contributed by atoms with Crippen molar-refractivity contribution in [1.82, 2.24) is 15.4 Å². The number of anilines is 1. The SMILES string of the molecule is CN(Cc1cccc(OC(F)(F)F)c1)c1nnc(-c2ccon2)s1. The second kappa shape index (κ2) is 6.48. The molecular formula is C14H11F3N4O2S. The Hall–Kier alpha value is -2.62. The minimum atomic E-state index is -4.71. The molecule has 0 N–H and O–H groups in total. The van der Waals surface area contributed by atoms with Crippen LogP contribution in [0.2, 0.25) is 0 Å². The van der Waals surface area contributed by atoms with E-state index in [4.69, 9.17) is 4.52 Å². The zero-order valence-electron chi connectivity index (χ0n) is 12.3. The van der Waals surface area contributed by atoms with Crippen LogP contribution in [-0.4, -0.2) is 28.8 Å². The summed E-state index contributed by atoms with van der Waals surface area (Å²) in [6.45, 7) is 0.350. The predicted molar refractivity (Wildman–Crippen MR) is 80.6 cm³/mol. The lowest BCUT2D eigenvalue weighted by atomic mass is 10.2. The topological polar surface area (TPSA) is 64.3 Å². The van der Waals surface area contributed by atoms with Crippen molar-refractivity contribution < 1.29 is 22.4 Å². The molecule has 0 saturated carbocycles. The summed E-state index contributed by atoms with van der Waals surface area (Å²) in [4.78, 5) is 1.77. The minimum absolute atomic E-state index is 0.256. The van der Waals surface area contributed by atoms with Crippen LogP contribution in [0.25, 0.3) is 10.7 Å². The number of alkyl halides is 3. The molecule has 0 atom stereocenters. The van der Waals surface area contributed by atoms with Gasteiger partial charge in [-0.1, -0.05) is 28.6 Å². The van der Waals surface area contributed by atoms with Crippen LogP contribution in [0.3, 0.4) is 0 Å². The Morgan fingerprint density at radius 3 is 2.79 bits per heavy atom. The van der Waals surface area contributed by atoms with Gasteiger partial charge in [0.1, 0.15) is 17.7 Å². The molecule has 3 aromatic rings. The lowest BCUT2D eigenvalue weighted by Crippen LogP contribution is -2.18. The molecule has 0 spiro atoms. The Labute approximate surface area is 138 Å². The van der Waals surface area contributed by atoms with Gasteiger partial charge in [0.05, 0.1) is 0 Å². The third kappa shape index (κ3) is 4.02. The van der Waals surface area contributed by atoms with Crippen LogP contribution in [0.1, 0.15) is 5.56 Å². The fourth-order valence-electron chi connectivity index (χ4n) is 1.98. The van der Waals surface area contributed by atoms with E-state index in [2.05, 4.69) is 20.1 Å². The van der Waals surface area contributed by atoms with Crippen molar-refractivity contribution in [2.24, 2.45) is 0 Å².